The Bertz CT molecular complexity index is 3280. The van der Waals surface area contributed by atoms with E-state index in [2.05, 4.69) is 235 Å². The van der Waals surface area contributed by atoms with Gasteiger partial charge in [-0.3, -0.25) is 0 Å². The molecule has 0 fully saturated rings. The predicted octanol–water partition coefficient (Wildman–Crippen LogP) is 15.5. The number of benzene rings is 9. The summed E-state index contributed by atoms with van der Waals surface area (Å²) in [6.45, 7) is 0. The fraction of sp³-hybridized carbons (Fsp3) is 0.0508. The van der Waals surface area contributed by atoms with E-state index in [4.69, 9.17) is 4.42 Å². The van der Waals surface area contributed by atoms with Gasteiger partial charge in [0.2, 0.25) is 0 Å². The molecule has 2 heteroatoms. The third kappa shape index (κ3) is 5.56. The van der Waals surface area contributed by atoms with Crippen LogP contribution in [-0.4, -0.2) is 6.04 Å². The quantitative estimate of drug-likeness (QED) is 0.160. The molecule has 2 nitrogen and oxygen atoms in total. The molecule has 10 aromatic rings. The van der Waals surface area contributed by atoms with Crippen molar-refractivity contribution in [1.82, 2.24) is 0 Å². The Balaban J connectivity index is 0.998. The summed E-state index contributed by atoms with van der Waals surface area (Å²) in [5.74, 6) is 0. The van der Waals surface area contributed by atoms with Gasteiger partial charge in [0.1, 0.15) is 11.2 Å². The smallest absolute Gasteiger partial charge is 0.137 e. The highest BCUT2D eigenvalue weighted by Crippen LogP contribution is 2.57. The highest BCUT2D eigenvalue weighted by atomic mass is 16.3. The molecule has 61 heavy (non-hydrogen) atoms. The number of nitrogens with zero attached hydrogens (tertiary/aromatic N) is 1. The molecule has 0 N–H and O–H groups in total. The average Bonchev–Trinajstić information content (AvgIpc) is 3.86. The van der Waals surface area contributed by atoms with Crippen LogP contribution in [0.15, 0.2) is 241 Å². The van der Waals surface area contributed by atoms with Gasteiger partial charge in [-0.15, -0.1) is 0 Å². The zero-order valence-corrected chi connectivity index (χ0v) is 33.6. The van der Waals surface area contributed by atoms with Gasteiger partial charge in [0.25, 0.3) is 0 Å². The lowest BCUT2D eigenvalue weighted by Crippen LogP contribution is -2.34. The summed E-state index contributed by atoms with van der Waals surface area (Å²) in [5, 5.41) is 4.71. The van der Waals surface area contributed by atoms with Crippen LogP contribution >= 0.6 is 0 Å². The van der Waals surface area contributed by atoms with Gasteiger partial charge in [-0.1, -0.05) is 194 Å². The van der Waals surface area contributed by atoms with Gasteiger partial charge in [0, 0.05) is 28.2 Å². The molecule has 0 amide bonds. The molecule has 9 aromatic carbocycles. The summed E-state index contributed by atoms with van der Waals surface area (Å²) in [5.41, 5.74) is 16.2. The molecule has 1 heterocycles. The summed E-state index contributed by atoms with van der Waals surface area (Å²) in [4.78, 5) is 2.49. The SMILES string of the molecule is C1=CC(N(c2ccc(-c3ccccc3)cc2)c2ccc3c(c2)oc2cc(-c4ccccc4)c4ccccc4c23)CC=C1C1(c2ccccc2)c2ccccc2-c2ccccc21. The van der Waals surface area contributed by atoms with Crippen molar-refractivity contribution in [2.24, 2.45) is 0 Å². The Hall–Kier alpha value is -7.68. The Labute approximate surface area is 356 Å². The number of allylic oxidation sites excluding steroid dienone is 2. The molecular formula is C59H41NO. The van der Waals surface area contributed by atoms with Crippen molar-refractivity contribution >= 4 is 44.1 Å². The van der Waals surface area contributed by atoms with Gasteiger partial charge >= 0.3 is 0 Å². The van der Waals surface area contributed by atoms with Crippen LogP contribution in [-0.2, 0) is 5.41 Å². The summed E-state index contributed by atoms with van der Waals surface area (Å²) < 4.78 is 6.87. The zero-order valence-electron chi connectivity index (χ0n) is 33.6. The molecule has 0 saturated carbocycles. The maximum Gasteiger partial charge on any atom is 0.137 e. The normalized spacial score (nSPS) is 15.1. The first-order chi connectivity index (χ1) is 30.3. The van der Waals surface area contributed by atoms with Crippen LogP contribution < -0.4 is 4.90 Å². The summed E-state index contributed by atoms with van der Waals surface area (Å²) in [7, 11) is 0. The Morgan fingerprint density at radius 2 is 1.02 bits per heavy atom. The lowest BCUT2D eigenvalue weighted by atomic mass is 9.66. The minimum Gasteiger partial charge on any atom is -0.456 e. The van der Waals surface area contributed by atoms with Crippen LogP contribution in [0.3, 0.4) is 0 Å². The number of hydrogen-bond donors (Lipinski definition) is 0. The summed E-state index contributed by atoms with van der Waals surface area (Å²) in [6, 6.07) is 77.1. The van der Waals surface area contributed by atoms with E-state index >= 15 is 0 Å². The molecule has 12 rings (SSSR count). The van der Waals surface area contributed by atoms with Gasteiger partial charge in [0.15, 0.2) is 0 Å². The Morgan fingerprint density at radius 3 is 1.69 bits per heavy atom. The molecule has 1 atom stereocenters. The van der Waals surface area contributed by atoms with Gasteiger partial charge < -0.3 is 9.32 Å². The fourth-order valence-corrected chi connectivity index (χ4v) is 10.4. The monoisotopic (exact) mass is 779 g/mol. The Kier molecular flexibility index (Phi) is 8.24. The lowest BCUT2D eigenvalue weighted by molar-refractivity contribution is 0.668. The standard InChI is InChI=1S/C59H41NO/c1-4-16-40(17-5-1)41-28-32-45(33-29-41)60(47-36-37-52-56(38-47)61-57-39-53(42-18-6-2-7-19-42)48-22-10-11-25-51(48)58(52)57)46-34-30-44(31-35-46)59(43-20-8-3-9-21-43)54-26-14-12-23-49(54)50-24-13-15-27-55(50)59/h1-34,36-39,46H,35H2. The lowest BCUT2D eigenvalue weighted by Gasteiger charge is -2.38. The fourth-order valence-electron chi connectivity index (χ4n) is 10.4. The third-order valence-electron chi connectivity index (χ3n) is 13.1. The van der Waals surface area contributed by atoms with E-state index in [0.29, 0.717) is 0 Å². The van der Waals surface area contributed by atoms with Gasteiger partial charge in [-0.05, 0) is 103 Å². The van der Waals surface area contributed by atoms with Crippen LogP contribution in [0.1, 0.15) is 23.1 Å². The van der Waals surface area contributed by atoms with Crippen molar-refractivity contribution in [3.63, 3.8) is 0 Å². The van der Waals surface area contributed by atoms with E-state index in [-0.39, 0.29) is 6.04 Å². The number of rotatable bonds is 7. The molecule has 288 valence electrons. The molecular weight excluding hydrogens is 739 g/mol. The molecule has 0 bridgehead atoms. The second-order valence-electron chi connectivity index (χ2n) is 16.3. The molecule has 1 aromatic heterocycles. The van der Waals surface area contributed by atoms with E-state index in [0.717, 1.165) is 39.7 Å². The van der Waals surface area contributed by atoms with Gasteiger partial charge in [0.05, 0.1) is 11.5 Å². The molecule has 2 aliphatic carbocycles. The van der Waals surface area contributed by atoms with Gasteiger partial charge in [-0.2, -0.15) is 0 Å². The van der Waals surface area contributed by atoms with Crippen LogP contribution in [0, 0.1) is 0 Å². The topological polar surface area (TPSA) is 16.4 Å². The largest absolute Gasteiger partial charge is 0.456 e. The molecule has 0 saturated heterocycles. The first-order valence-electron chi connectivity index (χ1n) is 21.3. The molecule has 0 radical (unpaired) electrons. The number of anilines is 2. The molecule has 0 spiro atoms. The average molecular weight is 780 g/mol. The van der Waals surface area contributed by atoms with Crippen LogP contribution in [0.25, 0.3) is 66.1 Å². The van der Waals surface area contributed by atoms with Crippen molar-refractivity contribution in [3.05, 3.63) is 253 Å². The number of hydrogen-bond acceptors (Lipinski definition) is 2. The van der Waals surface area contributed by atoms with E-state index in [1.54, 1.807) is 0 Å². The predicted molar refractivity (Wildman–Crippen MR) is 255 cm³/mol. The zero-order chi connectivity index (χ0) is 40.3. The maximum absolute atomic E-state index is 6.87. The molecule has 2 aliphatic rings. The highest BCUT2D eigenvalue weighted by molar-refractivity contribution is 6.22. The molecule has 0 aliphatic heterocycles. The van der Waals surface area contributed by atoms with Gasteiger partial charge in [-0.25, -0.2) is 0 Å². The number of fused-ring (bicyclic) bond motifs is 8. The van der Waals surface area contributed by atoms with Crippen molar-refractivity contribution in [3.8, 4) is 33.4 Å². The Morgan fingerprint density at radius 1 is 0.443 bits per heavy atom. The minimum atomic E-state index is -0.424. The third-order valence-corrected chi connectivity index (χ3v) is 13.1. The summed E-state index contributed by atoms with van der Waals surface area (Å²) >= 11 is 0. The van der Waals surface area contributed by atoms with Crippen molar-refractivity contribution in [2.45, 2.75) is 17.9 Å². The summed E-state index contributed by atoms with van der Waals surface area (Å²) in [6.07, 6.45) is 8.16. The second-order valence-corrected chi connectivity index (χ2v) is 16.3. The minimum absolute atomic E-state index is 0.0541. The van der Waals surface area contributed by atoms with Crippen molar-refractivity contribution in [1.29, 1.82) is 0 Å². The van der Waals surface area contributed by atoms with Crippen LogP contribution in [0.5, 0.6) is 0 Å². The number of furan rings is 1. The molecule has 1 unspecified atom stereocenters. The van der Waals surface area contributed by atoms with Crippen LogP contribution in [0.2, 0.25) is 0 Å². The maximum atomic E-state index is 6.87. The first kappa shape index (κ1) is 35.3. The highest BCUT2D eigenvalue weighted by Gasteiger charge is 2.47. The van der Waals surface area contributed by atoms with E-state index in [1.165, 1.54) is 66.4 Å². The van der Waals surface area contributed by atoms with E-state index in [1.807, 2.05) is 0 Å². The van der Waals surface area contributed by atoms with E-state index < -0.39 is 5.41 Å². The van der Waals surface area contributed by atoms with Crippen molar-refractivity contribution in [2.75, 3.05) is 4.90 Å². The van der Waals surface area contributed by atoms with Crippen LogP contribution in [0.4, 0.5) is 11.4 Å². The second kappa shape index (κ2) is 14.3. The first-order valence-corrected chi connectivity index (χ1v) is 21.3. The van der Waals surface area contributed by atoms with Crippen molar-refractivity contribution < 1.29 is 4.42 Å². The van der Waals surface area contributed by atoms with E-state index in [9.17, 15) is 0 Å².